The first-order chi connectivity index (χ1) is 9.86. The lowest BCUT2D eigenvalue weighted by molar-refractivity contribution is 0.812. The minimum Gasteiger partial charge on any atom is -0.297 e. The molecule has 1 heterocycles. The fourth-order valence-corrected chi connectivity index (χ4v) is 3.60. The van der Waals surface area contributed by atoms with Crippen molar-refractivity contribution >= 4 is 50.7 Å². The maximum atomic E-state index is 12.5. The number of nitrogens with zero attached hydrogens (tertiary/aromatic N) is 1. The lowest BCUT2D eigenvalue weighted by Gasteiger charge is -2.12. The van der Waals surface area contributed by atoms with Gasteiger partial charge in [-0.25, -0.2) is 9.36 Å². The molecule has 8 heteroatoms. The molecular weight excluding hydrogens is 402 g/mol. The maximum absolute atomic E-state index is 12.5. The second kappa shape index (κ2) is 6.57. The Labute approximate surface area is 143 Å². The van der Waals surface area contributed by atoms with Crippen molar-refractivity contribution < 1.29 is 0 Å². The van der Waals surface area contributed by atoms with E-state index in [0.717, 1.165) is 4.57 Å². The van der Waals surface area contributed by atoms with Gasteiger partial charge in [0.1, 0.15) is 5.15 Å². The molecular formula is C13H10BrCl3N2O2. The molecule has 21 heavy (non-hydrogen) atoms. The highest BCUT2D eigenvalue weighted by Crippen LogP contribution is 2.31. The third kappa shape index (κ3) is 3.21. The summed E-state index contributed by atoms with van der Waals surface area (Å²) in [4.78, 5) is 27.1. The van der Waals surface area contributed by atoms with Crippen molar-refractivity contribution in [2.24, 2.45) is 0 Å². The van der Waals surface area contributed by atoms with Gasteiger partial charge in [0.25, 0.3) is 5.56 Å². The molecule has 2 rings (SSSR count). The van der Waals surface area contributed by atoms with Crippen LogP contribution in [0, 0.1) is 0 Å². The van der Waals surface area contributed by atoms with Crippen LogP contribution in [0.5, 0.6) is 0 Å². The predicted octanol–water partition coefficient (Wildman–Crippen LogP) is 4.20. The summed E-state index contributed by atoms with van der Waals surface area (Å²) >= 11 is 21.4. The third-order valence-corrected chi connectivity index (χ3v) is 4.21. The summed E-state index contributed by atoms with van der Waals surface area (Å²) in [5, 5.41) is 0.422. The number of nitrogens with one attached hydrogen (secondary N) is 1. The molecule has 0 amide bonds. The van der Waals surface area contributed by atoms with Gasteiger partial charge in [-0.05, 0) is 18.6 Å². The monoisotopic (exact) mass is 410 g/mol. The van der Waals surface area contributed by atoms with E-state index in [1.807, 2.05) is 6.92 Å². The second-order valence-corrected chi connectivity index (χ2v) is 6.44. The summed E-state index contributed by atoms with van der Waals surface area (Å²) < 4.78 is 1.56. The van der Waals surface area contributed by atoms with Crippen molar-refractivity contribution in [3.63, 3.8) is 0 Å². The average Bonchev–Trinajstić information content (AvgIpc) is 2.37. The summed E-state index contributed by atoms with van der Waals surface area (Å²) in [5.41, 5.74) is -0.733. The molecule has 0 aliphatic heterocycles. The Morgan fingerprint density at radius 1 is 1.19 bits per heavy atom. The van der Waals surface area contributed by atoms with Gasteiger partial charge in [0.05, 0.1) is 21.3 Å². The smallest absolute Gasteiger partial charge is 0.297 e. The fraction of sp³-hybridized carbons (Fsp3) is 0.231. The molecule has 0 spiro atoms. The zero-order chi connectivity index (χ0) is 15.7. The Balaban J connectivity index is 2.86. The standard InChI is InChI=1S/C13H10BrCl3N2O2/c1-2-3-7-11(17)18-13(21)19(12(7)20)10-8(15)4-6(14)5-9(10)16/h4-5H,2-3H2,1H3,(H,18,21). The van der Waals surface area contributed by atoms with Crippen LogP contribution in [0.2, 0.25) is 15.2 Å². The molecule has 0 saturated carbocycles. The summed E-state index contributed by atoms with van der Waals surface area (Å²) in [7, 11) is 0. The van der Waals surface area contributed by atoms with Crippen molar-refractivity contribution in [3.8, 4) is 5.69 Å². The van der Waals surface area contributed by atoms with E-state index in [1.165, 1.54) is 0 Å². The van der Waals surface area contributed by atoms with Gasteiger partial charge in [-0.2, -0.15) is 0 Å². The Hall–Kier alpha value is -0.750. The molecule has 2 aromatic rings. The number of rotatable bonds is 3. The molecule has 0 bridgehead atoms. The van der Waals surface area contributed by atoms with Crippen molar-refractivity contribution in [1.82, 2.24) is 9.55 Å². The van der Waals surface area contributed by atoms with Gasteiger partial charge in [0, 0.05) is 4.47 Å². The highest BCUT2D eigenvalue weighted by atomic mass is 79.9. The molecule has 1 aromatic heterocycles. The van der Waals surface area contributed by atoms with Crippen LogP contribution < -0.4 is 11.2 Å². The van der Waals surface area contributed by atoms with E-state index in [1.54, 1.807) is 12.1 Å². The first-order valence-corrected chi connectivity index (χ1v) is 7.98. The van der Waals surface area contributed by atoms with Crippen LogP contribution in [0.3, 0.4) is 0 Å². The zero-order valence-corrected chi connectivity index (χ0v) is 14.7. The average molecular weight is 412 g/mol. The Morgan fingerprint density at radius 2 is 1.76 bits per heavy atom. The van der Waals surface area contributed by atoms with E-state index < -0.39 is 11.2 Å². The number of H-pyrrole nitrogens is 1. The van der Waals surface area contributed by atoms with E-state index in [-0.39, 0.29) is 20.9 Å². The molecule has 1 N–H and O–H groups in total. The second-order valence-electron chi connectivity index (χ2n) is 4.33. The lowest BCUT2D eigenvalue weighted by atomic mass is 10.2. The van der Waals surface area contributed by atoms with Crippen LogP contribution in [0.4, 0.5) is 0 Å². The number of hydrogen-bond acceptors (Lipinski definition) is 2. The quantitative estimate of drug-likeness (QED) is 0.768. The summed E-state index contributed by atoms with van der Waals surface area (Å²) in [6, 6.07) is 3.12. The first-order valence-electron chi connectivity index (χ1n) is 6.05. The normalized spacial score (nSPS) is 10.9. The molecule has 0 saturated heterocycles. The number of halogens is 4. The van der Waals surface area contributed by atoms with Gasteiger partial charge < -0.3 is 0 Å². The van der Waals surface area contributed by atoms with E-state index in [2.05, 4.69) is 20.9 Å². The zero-order valence-electron chi connectivity index (χ0n) is 10.8. The van der Waals surface area contributed by atoms with Gasteiger partial charge in [-0.3, -0.25) is 9.78 Å². The summed E-state index contributed by atoms with van der Waals surface area (Å²) in [6.45, 7) is 1.91. The highest BCUT2D eigenvalue weighted by molar-refractivity contribution is 9.10. The van der Waals surface area contributed by atoms with Crippen LogP contribution >= 0.6 is 50.7 Å². The largest absolute Gasteiger partial charge is 0.334 e. The van der Waals surface area contributed by atoms with Gasteiger partial charge in [0.2, 0.25) is 0 Å². The molecule has 0 aliphatic carbocycles. The van der Waals surface area contributed by atoms with Crippen molar-refractivity contribution in [3.05, 3.63) is 58.2 Å². The molecule has 0 fully saturated rings. The molecule has 112 valence electrons. The molecule has 0 aliphatic rings. The first kappa shape index (κ1) is 16.6. The number of aromatic amines is 1. The lowest BCUT2D eigenvalue weighted by Crippen LogP contribution is -2.36. The van der Waals surface area contributed by atoms with Crippen LogP contribution in [-0.2, 0) is 6.42 Å². The number of benzene rings is 1. The highest BCUT2D eigenvalue weighted by Gasteiger charge is 2.18. The van der Waals surface area contributed by atoms with Gasteiger partial charge in [-0.1, -0.05) is 64.1 Å². The van der Waals surface area contributed by atoms with Crippen molar-refractivity contribution in [2.75, 3.05) is 0 Å². The third-order valence-electron chi connectivity index (χ3n) is 2.85. The van der Waals surface area contributed by atoms with Crippen molar-refractivity contribution in [1.29, 1.82) is 0 Å². The topological polar surface area (TPSA) is 54.9 Å². The Morgan fingerprint density at radius 3 is 2.29 bits per heavy atom. The molecule has 0 unspecified atom stereocenters. The maximum Gasteiger partial charge on any atom is 0.334 e. The minimum atomic E-state index is -0.684. The Bertz CT molecular complexity index is 791. The van der Waals surface area contributed by atoms with Gasteiger partial charge in [0.15, 0.2) is 0 Å². The molecule has 1 aromatic carbocycles. The number of hydrogen-bond donors (Lipinski definition) is 1. The number of aromatic nitrogens is 2. The Kier molecular flexibility index (Phi) is 5.20. The van der Waals surface area contributed by atoms with E-state index in [4.69, 9.17) is 34.8 Å². The van der Waals surface area contributed by atoms with Crippen LogP contribution in [0.25, 0.3) is 5.69 Å². The summed E-state index contributed by atoms with van der Waals surface area (Å²) in [5.74, 6) is 0. The van der Waals surface area contributed by atoms with Gasteiger partial charge in [-0.15, -0.1) is 0 Å². The van der Waals surface area contributed by atoms with Crippen molar-refractivity contribution in [2.45, 2.75) is 19.8 Å². The molecule has 0 atom stereocenters. The molecule has 4 nitrogen and oxygen atoms in total. The minimum absolute atomic E-state index is 0.0486. The van der Waals surface area contributed by atoms with E-state index in [0.29, 0.717) is 22.9 Å². The SMILES string of the molecule is CCCc1c(Cl)[nH]c(=O)n(-c2c(Cl)cc(Br)cc2Cl)c1=O. The van der Waals surface area contributed by atoms with Crippen LogP contribution in [-0.4, -0.2) is 9.55 Å². The fourth-order valence-electron chi connectivity index (χ4n) is 1.96. The van der Waals surface area contributed by atoms with Gasteiger partial charge >= 0.3 is 5.69 Å². The molecule has 0 radical (unpaired) electrons. The van der Waals surface area contributed by atoms with E-state index >= 15 is 0 Å². The van der Waals surface area contributed by atoms with Crippen LogP contribution in [0.1, 0.15) is 18.9 Å². The van der Waals surface area contributed by atoms with E-state index in [9.17, 15) is 9.59 Å². The van der Waals surface area contributed by atoms with Crippen LogP contribution in [0.15, 0.2) is 26.2 Å². The summed E-state index contributed by atoms with van der Waals surface area (Å²) in [6.07, 6.45) is 1.16. The predicted molar refractivity (Wildman–Crippen MR) is 89.4 cm³/mol.